The average Bonchev–Trinajstić information content (AvgIpc) is 2.51. The molecule has 0 saturated carbocycles. The van der Waals surface area contributed by atoms with Gasteiger partial charge in [0.15, 0.2) is 0 Å². The molecule has 9 heteroatoms. The highest BCUT2D eigenvalue weighted by atomic mass is 79.9. The predicted octanol–water partition coefficient (Wildman–Crippen LogP) is 2.63. The third-order valence-corrected chi connectivity index (χ3v) is 6.39. The topological polar surface area (TPSA) is 70.6 Å². The normalized spacial score (nSPS) is 19.6. The van der Waals surface area contributed by atoms with E-state index in [0.29, 0.717) is 20.4 Å². The number of fused-ring (bicyclic) bond motifs is 1. The molecule has 2 rings (SSSR count). The van der Waals surface area contributed by atoms with Gasteiger partial charge in [0.1, 0.15) is 14.2 Å². The van der Waals surface area contributed by atoms with Gasteiger partial charge in [-0.05, 0) is 22.4 Å². The number of nitrogens with zero attached hydrogens (tertiary/aromatic N) is 1. The van der Waals surface area contributed by atoms with Crippen LogP contribution in [0.1, 0.15) is 13.3 Å². The summed E-state index contributed by atoms with van der Waals surface area (Å²) in [6.07, 6.45) is 0.842. The van der Waals surface area contributed by atoms with Gasteiger partial charge in [0.05, 0.1) is 4.47 Å². The van der Waals surface area contributed by atoms with Gasteiger partial charge in [0.25, 0.3) is 10.0 Å². The van der Waals surface area contributed by atoms with Crippen LogP contribution < -0.4 is 10.0 Å². The van der Waals surface area contributed by atoms with Gasteiger partial charge < -0.3 is 5.32 Å². The minimum absolute atomic E-state index is 0.142. The Balaban J connectivity index is 2.49. The molecule has 17 heavy (non-hydrogen) atoms. The predicted molar refractivity (Wildman–Crippen MR) is 73.6 cm³/mol. The van der Waals surface area contributed by atoms with Crippen LogP contribution in [0.2, 0.25) is 4.34 Å². The Morgan fingerprint density at radius 3 is 2.88 bits per heavy atom. The number of guanidine groups is 1. The molecule has 0 amide bonds. The molecule has 2 heterocycles. The fourth-order valence-corrected chi connectivity index (χ4v) is 5.23. The summed E-state index contributed by atoms with van der Waals surface area (Å²) in [6, 6.07) is 0. The highest BCUT2D eigenvalue weighted by Crippen LogP contribution is 2.44. The van der Waals surface area contributed by atoms with Crippen LogP contribution in [0.15, 0.2) is 14.4 Å². The molecule has 1 aromatic heterocycles. The molecule has 0 unspecified atom stereocenters. The Bertz CT molecular complexity index is 582. The zero-order valence-electron chi connectivity index (χ0n) is 8.75. The number of hydrogen-bond donors (Lipinski definition) is 2. The number of thiophene rings is 1. The van der Waals surface area contributed by atoms with E-state index in [1.807, 2.05) is 6.92 Å². The first-order chi connectivity index (χ1) is 7.95. The maximum absolute atomic E-state index is 12.0. The molecule has 0 spiro atoms. The molecule has 1 aromatic rings. The summed E-state index contributed by atoms with van der Waals surface area (Å²) in [5.74, 6) is 0.241. The molecule has 1 aliphatic rings. The van der Waals surface area contributed by atoms with Crippen molar-refractivity contribution in [2.24, 2.45) is 4.99 Å². The fourth-order valence-electron chi connectivity index (χ4n) is 1.30. The number of aliphatic imine (C=N–C) groups is 1. The lowest BCUT2D eigenvalue weighted by atomic mass is 10.5. The second kappa shape index (κ2) is 4.75. The van der Waals surface area contributed by atoms with Crippen molar-refractivity contribution in [3.63, 3.8) is 0 Å². The summed E-state index contributed by atoms with van der Waals surface area (Å²) in [5.41, 5.74) is 0. The summed E-state index contributed by atoms with van der Waals surface area (Å²) < 4.78 is 27.1. The van der Waals surface area contributed by atoms with Crippen molar-refractivity contribution in [2.45, 2.75) is 18.2 Å². The number of halogens is 2. The Morgan fingerprint density at radius 1 is 1.53 bits per heavy atom. The van der Waals surface area contributed by atoms with Gasteiger partial charge in [-0.15, -0.1) is 11.3 Å². The highest BCUT2D eigenvalue weighted by Gasteiger charge is 2.32. The van der Waals surface area contributed by atoms with Gasteiger partial charge in [-0.3, -0.25) is 4.99 Å². The molecule has 0 saturated heterocycles. The van der Waals surface area contributed by atoms with Gasteiger partial charge in [-0.2, -0.15) is 0 Å². The first kappa shape index (κ1) is 13.1. The number of rotatable bonds is 2. The van der Waals surface area contributed by atoms with Crippen molar-refractivity contribution in [3.05, 3.63) is 8.81 Å². The summed E-state index contributed by atoms with van der Waals surface area (Å²) in [4.78, 5) is 4.24. The quantitative estimate of drug-likeness (QED) is 0.854. The minimum Gasteiger partial charge on any atom is -0.316 e. The van der Waals surface area contributed by atoms with E-state index in [9.17, 15) is 8.42 Å². The van der Waals surface area contributed by atoms with Gasteiger partial charge in [0.2, 0.25) is 5.96 Å². The summed E-state index contributed by atoms with van der Waals surface area (Å²) in [5, 5.41) is 3.39. The third-order valence-electron chi connectivity index (χ3n) is 2.00. The second-order valence-electron chi connectivity index (χ2n) is 3.31. The Kier molecular flexibility index (Phi) is 3.67. The van der Waals surface area contributed by atoms with E-state index in [-0.39, 0.29) is 10.9 Å². The minimum atomic E-state index is -3.60. The maximum atomic E-state index is 12.0. The van der Waals surface area contributed by atoms with E-state index < -0.39 is 10.0 Å². The van der Waals surface area contributed by atoms with Crippen molar-refractivity contribution in [2.75, 3.05) is 11.9 Å². The van der Waals surface area contributed by atoms with Crippen LogP contribution in [0.5, 0.6) is 0 Å². The van der Waals surface area contributed by atoms with Crippen molar-refractivity contribution < 1.29 is 8.42 Å². The number of hydrogen-bond acceptors (Lipinski definition) is 4. The molecule has 0 bridgehead atoms. The standard InChI is InChI=1S/C8H9BrClN3O2S2/c1-2-3-11-8-12-7-5(17(14,15)13-8)4(9)6(10)16-7/h2-3H2,1H3,(H2,11,12,13). The smallest absolute Gasteiger partial charge is 0.268 e. The maximum Gasteiger partial charge on any atom is 0.268 e. The summed E-state index contributed by atoms with van der Waals surface area (Å²) >= 11 is 10.2. The summed E-state index contributed by atoms with van der Waals surface area (Å²) in [7, 11) is -3.60. The molecule has 0 atom stereocenters. The zero-order valence-corrected chi connectivity index (χ0v) is 12.7. The first-order valence-electron chi connectivity index (χ1n) is 4.77. The zero-order chi connectivity index (χ0) is 12.6. The van der Waals surface area contributed by atoms with Crippen LogP contribution in [0.4, 0.5) is 5.00 Å². The fraction of sp³-hybridized carbons (Fsp3) is 0.375. The highest BCUT2D eigenvalue weighted by molar-refractivity contribution is 9.10. The molecular formula is C8H9BrClN3O2S2. The molecule has 0 fully saturated rings. The molecule has 5 nitrogen and oxygen atoms in total. The van der Waals surface area contributed by atoms with Crippen LogP contribution in [0.3, 0.4) is 0 Å². The van der Waals surface area contributed by atoms with Crippen LogP contribution in [-0.4, -0.2) is 20.9 Å². The molecule has 0 aromatic carbocycles. The van der Waals surface area contributed by atoms with Crippen LogP contribution in [-0.2, 0) is 10.0 Å². The van der Waals surface area contributed by atoms with Gasteiger partial charge in [0, 0.05) is 6.54 Å². The van der Waals surface area contributed by atoms with Crippen molar-refractivity contribution in [1.82, 2.24) is 4.72 Å². The molecule has 1 aliphatic heterocycles. The van der Waals surface area contributed by atoms with Gasteiger partial charge in [-0.25, -0.2) is 13.1 Å². The van der Waals surface area contributed by atoms with Crippen molar-refractivity contribution in [3.8, 4) is 0 Å². The monoisotopic (exact) mass is 357 g/mol. The van der Waals surface area contributed by atoms with Gasteiger partial charge >= 0.3 is 0 Å². The van der Waals surface area contributed by atoms with Crippen LogP contribution in [0, 0.1) is 0 Å². The van der Waals surface area contributed by atoms with E-state index in [1.165, 1.54) is 0 Å². The van der Waals surface area contributed by atoms with E-state index in [1.54, 1.807) is 0 Å². The Morgan fingerprint density at radius 2 is 2.24 bits per heavy atom. The number of sulfonamides is 1. The third kappa shape index (κ3) is 2.44. The Labute approximate surface area is 116 Å². The van der Waals surface area contributed by atoms with E-state index >= 15 is 0 Å². The second-order valence-corrected chi connectivity index (χ2v) is 7.34. The van der Waals surface area contributed by atoms with E-state index in [0.717, 1.165) is 17.8 Å². The van der Waals surface area contributed by atoms with Crippen molar-refractivity contribution in [1.29, 1.82) is 0 Å². The number of nitrogens with one attached hydrogen (secondary N) is 2. The molecule has 2 N–H and O–H groups in total. The molecule has 94 valence electrons. The average molecular weight is 359 g/mol. The van der Waals surface area contributed by atoms with Crippen LogP contribution >= 0.6 is 38.9 Å². The van der Waals surface area contributed by atoms with Crippen LogP contribution in [0.25, 0.3) is 0 Å². The summed E-state index contributed by atoms with van der Waals surface area (Å²) in [6.45, 7) is 2.52. The molecule has 0 aliphatic carbocycles. The largest absolute Gasteiger partial charge is 0.316 e. The Hall–Kier alpha value is -0.310. The SMILES string of the molecule is CCCN=C1Nc2sc(Cl)c(Br)c2S(=O)(=O)N1. The van der Waals surface area contributed by atoms with Crippen molar-refractivity contribution >= 4 is 59.9 Å². The van der Waals surface area contributed by atoms with Gasteiger partial charge in [-0.1, -0.05) is 18.5 Å². The lowest BCUT2D eigenvalue weighted by molar-refractivity contribution is 0.591. The van der Waals surface area contributed by atoms with E-state index in [4.69, 9.17) is 11.6 Å². The van der Waals surface area contributed by atoms with E-state index in [2.05, 4.69) is 31.0 Å². The molecule has 0 radical (unpaired) electrons. The number of anilines is 1. The first-order valence-corrected chi connectivity index (χ1v) is 8.25. The lowest BCUT2D eigenvalue weighted by Gasteiger charge is -2.18. The lowest BCUT2D eigenvalue weighted by Crippen LogP contribution is -2.40. The molecular weight excluding hydrogens is 350 g/mol.